The van der Waals surface area contributed by atoms with Crippen LogP contribution in [-0.2, 0) is 0 Å². The lowest BCUT2D eigenvalue weighted by Crippen LogP contribution is -1.85. The van der Waals surface area contributed by atoms with E-state index in [9.17, 15) is 10.1 Å². The first kappa shape index (κ1) is 9.45. The Labute approximate surface area is 76.9 Å². The van der Waals surface area contributed by atoms with Crippen LogP contribution < -0.4 is 0 Å². The number of nitrogens with zero attached hydrogens (tertiary/aromatic N) is 1. The molecule has 0 aliphatic heterocycles. The minimum atomic E-state index is -0.457. The van der Waals surface area contributed by atoms with Gasteiger partial charge in [0, 0.05) is 6.08 Å². The zero-order valence-electron chi connectivity index (χ0n) is 7.65. The van der Waals surface area contributed by atoms with Crippen LogP contribution in [0.1, 0.15) is 16.7 Å². The molecule has 0 aromatic heterocycles. The average Bonchev–Trinajstić information content (AvgIpc) is 2.06. The van der Waals surface area contributed by atoms with Crippen LogP contribution >= 0.6 is 0 Å². The molecule has 0 aliphatic carbocycles. The number of aryl methyl sites for hydroxylation is 2. The number of hydrogen-bond donors (Lipinski definition) is 0. The molecule has 1 aromatic rings. The zero-order valence-corrected chi connectivity index (χ0v) is 7.65. The van der Waals surface area contributed by atoms with Gasteiger partial charge in [0.15, 0.2) is 0 Å². The van der Waals surface area contributed by atoms with Crippen molar-refractivity contribution in [3.05, 3.63) is 51.2 Å². The van der Waals surface area contributed by atoms with Crippen LogP contribution in [0.4, 0.5) is 0 Å². The predicted octanol–water partition coefficient (Wildman–Crippen LogP) is 2.55. The molecule has 1 rings (SSSR count). The second-order valence-corrected chi connectivity index (χ2v) is 2.96. The van der Waals surface area contributed by atoms with E-state index in [-0.39, 0.29) is 0 Å². The van der Waals surface area contributed by atoms with Crippen molar-refractivity contribution < 1.29 is 4.92 Å². The summed E-state index contributed by atoms with van der Waals surface area (Å²) >= 11 is 0. The minimum Gasteiger partial charge on any atom is -0.259 e. The Morgan fingerprint density at radius 3 is 2.69 bits per heavy atom. The maximum atomic E-state index is 10.1. The molecule has 0 fully saturated rings. The number of benzene rings is 1. The van der Waals surface area contributed by atoms with Crippen molar-refractivity contribution >= 4 is 6.08 Å². The molecular weight excluding hydrogens is 166 g/mol. The van der Waals surface area contributed by atoms with Crippen LogP contribution in [0.2, 0.25) is 0 Å². The van der Waals surface area contributed by atoms with Gasteiger partial charge in [-0.05, 0) is 25.0 Å². The quantitative estimate of drug-likeness (QED) is 0.514. The number of nitro groups is 1. The summed E-state index contributed by atoms with van der Waals surface area (Å²) < 4.78 is 0. The van der Waals surface area contributed by atoms with Gasteiger partial charge < -0.3 is 0 Å². The predicted molar refractivity (Wildman–Crippen MR) is 51.9 cm³/mol. The van der Waals surface area contributed by atoms with E-state index >= 15 is 0 Å². The van der Waals surface area contributed by atoms with Crippen molar-refractivity contribution in [3.63, 3.8) is 0 Å². The lowest BCUT2D eigenvalue weighted by molar-refractivity contribution is -0.400. The van der Waals surface area contributed by atoms with Gasteiger partial charge in [-0.2, -0.15) is 0 Å². The van der Waals surface area contributed by atoms with Crippen molar-refractivity contribution in [1.82, 2.24) is 0 Å². The van der Waals surface area contributed by atoms with Gasteiger partial charge in [0.1, 0.15) is 0 Å². The molecule has 3 heteroatoms. The fourth-order valence-electron chi connectivity index (χ4n) is 1.08. The van der Waals surface area contributed by atoms with Crippen LogP contribution in [-0.4, -0.2) is 4.92 Å². The molecule has 1 aromatic carbocycles. The van der Waals surface area contributed by atoms with E-state index < -0.39 is 4.92 Å². The summed E-state index contributed by atoms with van der Waals surface area (Å²) in [6.07, 6.45) is 2.48. The van der Waals surface area contributed by atoms with Gasteiger partial charge >= 0.3 is 0 Å². The van der Waals surface area contributed by atoms with Crippen molar-refractivity contribution in [2.45, 2.75) is 13.8 Å². The first-order chi connectivity index (χ1) is 6.09. The van der Waals surface area contributed by atoms with Gasteiger partial charge in [-0.15, -0.1) is 0 Å². The molecule has 0 heterocycles. The summed E-state index contributed by atoms with van der Waals surface area (Å²) in [5, 5.41) is 10.1. The van der Waals surface area contributed by atoms with Crippen molar-refractivity contribution in [2.75, 3.05) is 0 Å². The van der Waals surface area contributed by atoms with E-state index in [1.165, 1.54) is 6.08 Å². The topological polar surface area (TPSA) is 43.1 Å². The molecule has 0 unspecified atom stereocenters. The van der Waals surface area contributed by atoms with Crippen molar-refractivity contribution in [2.24, 2.45) is 0 Å². The lowest BCUT2D eigenvalue weighted by Gasteiger charge is -1.99. The molecule has 0 bridgehead atoms. The number of hydrogen-bond acceptors (Lipinski definition) is 2. The Hall–Kier alpha value is -1.64. The second kappa shape index (κ2) is 3.85. The largest absolute Gasteiger partial charge is 0.259 e. The van der Waals surface area contributed by atoms with E-state index in [0.717, 1.165) is 22.9 Å². The van der Waals surface area contributed by atoms with E-state index in [2.05, 4.69) is 0 Å². The minimum absolute atomic E-state index is 0.457. The first-order valence-corrected chi connectivity index (χ1v) is 3.98. The molecule has 3 nitrogen and oxygen atoms in total. The van der Waals surface area contributed by atoms with E-state index in [1.54, 1.807) is 0 Å². The maximum absolute atomic E-state index is 10.1. The highest BCUT2D eigenvalue weighted by Gasteiger charge is 1.95. The monoisotopic (exact) mass is 177 g/mol. The Kier molecular flexibility index (Phi) is 2.80. The molecule has 0 N–H and O–H groups in total. The number of rotatable bonds is 2. The molecule has 0 saturated heterocycles. The van der Waals surface area contributed by atoms with Crippen LogP contribution in [0.5, 0.6) is 0 Å². The fourth-order valence-corrected chi connectivity index (χ4v) is 1.08. The van der Waals surface area contributed by atoms with Crippen LogP contribution in [0, 0.1) is 24.0 Å². The second-order valence-electron chi connectivity index (χ2n) is 2.96. The Balaban J connectivity index is 3.00. The summed E-state index contributed by atoms with van der Waals surface area (Å²) in [6, 6.07) is 5.86. The van der Waals surface area contributed by atoms with Gasteiger partial charge in [-0.25, -0.2) is 0 Å². The van der Waals surface area contributed by atoms with Gasteiger partial charge in [0.25, 0.3) is 0 Å². The van der Waals surface area contributed by atoms with E-state index in [4.69, 9.17) is 0 Å². The Morgan fingerprint density at radius 2 is 2.08 bits per heavy atom. The van der Waals surface area contributed by atoms with Crippen LogP contribution in [0.25, 0.3) is 6.08 Å². The summed E-state index contributed by atoms with van der Waals surface area (Å²) in [5.41, 5.74) is 3.05. The summed E-state index contributed by atoms with van der Waals surface area (Å²) in [6.45, 7) is 3.89. The summed E-state index contributed by atoms with van der Waals surface area (Å²) in [7, 11) is 0. The molecule has 0 saturated carbocycles. The van der Waals surface area contributed by atoms with Crippen LogP contribution in [0.15, 0.2) is 24.4 Å². The van der Waals surface area contributed by atoms with Gasteiger partial charge in [0.05, 0.1) is 4.92 Å². The molecule has 0 radical (unpaired) electrons. The Bertz CT molecular complexity index is 356. The Morgan fingerprint density at radius 1 is 1.38 bits per heavy atom. The smallest absolute Gasteiger partial charge is 0.235 e. The van der Waals surface area contributed by atoms with E-state index in [0.29, 0.717) is 0 Å². The highest BCUT2D eigenvalue weighted by atomic mass is 16.6. The third-order valence-corrected chi connectivity index (χ3v) is 1.81. The molecule has 68 valence electrons. The standard InChI is InChI=1S/C10H11NO2/c1-8-3-4-9(2)10(7-8)5-6-11(12)13/h3-7H,1-2H3/b6-5+. The molecule has 0 aliphatic rings. The first-order valence-electron chi connectivity index (χ1n) is 3.98. The average molecular weight is 177 g/mol. The highest BCUT2D eigenvalue weighted by molar-refractivity contribution is 5.53. The van der Waals surface area contributed by atoms with Crippen molar-refractivity contribution in [1.29, 1.82) is 0 Å². The lowest BCUT2D eigenvalue weighted by atomic mass is 10.1. The fraction of sp³-hybridized carbons (Fsp3) is 0.200. The molecular formula is C10H11NO2. The van der Waals surface area contributed by atoms with Crippen molar-refractivity contribution in [3.8, 4) is 0 Å². The third-order valence-electron chi connectivity index (χ3n) is 1.81. The molecule has 0 spiro atoms. The third kappa shape index (κ3) is 2.71. The molecule has 0 amide bonds. The zero-order chi connectivity index (χ0) is 9.84. The molecule has 0 atom stereocenters. The normalized spacial score (nSPS) is 10.6. The van der Waals surface area contributed by atoms with Gasteiger partial charge in [0.2, 0.25) is 6.20 Å². The summed E-state index contributed by atoms with van der Waals surface area (Å²) in [5.74, 6) is 0. The van der Waals surface area contributed by atoms with Gasteiger partial charge in [-0.3, -0.25) is 10.1 Å². The van der Waals surface area contributed by atoms with Crippen LogP contribution in [0.3, 0.4) is 0 Å². The summed E-state index contributed by atoms with van der Waals surface area (Å²) in [4.78, 5) is 9.63. The highest BCUT2D eigenvalue weighted by Crippen LogP contribution is 2.11. The van der Waals surface area contributed by atoms with Gasteiger partial charge in [-0.1, -0.05) is 23.8 Å². The SMILES string of the molecule is Cc1ccc(C)c(/C=C/[N+](=O)[O-])c1. The molecule has 13 heavy (non-hydrogen) atoms. The van der Waals surface area contributed by atoms with E-state index in [1.807, 2.05) is 32.0 Å². The maximum Gasteiger partial charge on any atom is 0.235 e.